The van der Waals surface area contributed by atoms with Crippen molar-refractivity contribution in [2.45, 2.75) is 19.4 Å². The van der Waals surface area contributed by atoms with Crippen LogP contribution in [0, 0.1) is 5.92 Å². The monoisotopic (exact) mass is 386 g/mol. The Morgan fingerprint density at radius 1 is 1.23 bits per heavy atom. The highest BCUT2D eigenvalue weighted by Crippen LogP contribution is 2.30. The summed E-state index contributed by atoms with van der Waals surface area (Å²) in [5.74, 6) is 0.191. The molecule has 5 nitrogen and oxygen atoms in total. The molecule has 0 radical (unpaired) electrons. The van der Waals surface area contributed by atoms with E-state index in [1.807, 2.05) is 36.4 Å². The van der Waals surface area contributed by atoms with Crippen molar-refractivity contribution in [2.24, 2.45) is 5.92 Å². The van der Waals surface area contributed by atoms with Crippen LogP contribution in [-0.4, -0.2) is 29.0 Å². The Labute approximate surface area is 161 Å². The zero-order valence-electron chi connectivity index (χ0n) is 14.2. The normalized spacial score (nSPS) is 15.3. The van der Waals surface area contributed by atoms with Crippen molar-refractivity contribution in [3.05, 3.63) is 53.2 Å². The second-order valence-electron chi connectivity index (χ2n) is 6.43. The quantitative estimate of drug-likeness (QED) is 0.739. The van der Waals surface area contributed by atoms with Gasteiger partial charge in [0, 0.05) is 36.8 Å². The number of thiazole rings is 1. The summed E-state index contributed by atoms with van der Waals surface area (Å²) in [5, 5.41) is 4.75. The van der Waals surface area contributed by atoms with Crippen molar-refractivity contribution < 1.29 is 4.79 Å². The fourth-order valence-corrected chi connectivity index (χ4v) is 4.25. The topological polar surface area (TPSA) is 58.1 Å². The number of carbonyl (C=O) groups excluding carboxylic acids is 1. The molecule has 134 valence electrons. The highest BCUT2D eigenvalue weighted by atomic mass is 35.5. The molecule has 3 heterocycles. The number of benzene rings is 1. The summed E-state index contributed by atoms with van der Waals surface area (Å²) < 4.78 is 0. The number of aromatic nitrogens is 2. The lowest BCUT2D eigenvalue weighted by molar-refractivity contribution is -0.125. The molecule has 1 N–H and O–H groups in total. The third-order valence-corrected chi connectivity index (χ3v) is 5.96. The SMILES string of the molecule is O=C(NCc1ccc(Cl)cc1)C1CCN(c2nc3cccnc3s2)CC1. The first-order chi connectivity index (χ1) is 12.7. The molecule has 0 aliphatic carbocycles. The minimum absolute atomic E-state index is 0.0612. The number of halogens is 1. The fraction of sp³-hybridized carbons (Fsp3) is 0.316. The highest BCUT2D eigenvalue weighted by Gasteiger charge is 2.26. The molecule has 7 heteroatoms. The number of amides is 1. The Balaban J connectivity index is 1.31. The number of anilines is 1. The van der Waals surface area contributed by atoms with Gasteiger partial charge in [0.2, 0.25) is 5.91 Å². The first kappa shape index (κ1) is 17.2. The van der Waals surface area contributed by atoms with Gasteiger partial charge in [-0.1, -0.05) is 35.1 Å². The number of nitrogens with one attached hydrogen (secondary N) is 1. The summed E-state index contributed by atoms with van der Waals surface area (Å²) in [6, 6.07) is 11.4. The molecule has 1 fully saturated rings. The lowest BCUT2D eigenvalue weighted by atomic mass is 9.96. The van der Waals surface area contributed by atoms with Crippen LogP contribution in [0.5, 0.6) is 0 Å². The number of pyridine rings is 1. The lowest BCUT2D eigenvalue weighted by Gasteiger charge is -2.31. The van der Waals surface area contributed by atoms with E-state index in [-0.39, 0.29) is 11.8 Å². The molecule has 0 spiro atoms. The average molecular weight is 387 g/mol. The number of carbonyl (C=O) groups is 1. The average Bonchev–Trinajstić information content (AvgIpc) is 3.12. The van der Waals surface area contributed by atoms with E-state index in [1.54, 1.807) is 17.5 Å². The molecule has 0 saturated carbocycles. The van der Waals surface area contributed by atoms with E-state index in [0.29, 0.717) is 11.6 Å². The van der Waals surface area contributed by atoms with E-state index in [4.69, 9.17) is 11.6 Å². The molecule has 4 rings (SSSR count). The van der Waals surface area contributed by atoms with Crippen LogP contribution in [0.15, 0.2) is 42.6 Å². The van der Waals surface area contributed by atoms with Gasteiger partial charge in [0.15, 0.2) is 5.13 Å². The maximum atomic E-state index is 12.4. The second-order valence-corrected chi connectivity index (χ2v) is 7.82. The highest BCUT2D eigenvalue weighted by molar-refractivity contribution is 7.21. The fourth-order valence-electron chi connectivity index (χ4n) is 3.16. The molecule has 1 amide bonds. The Morgan fingerprint density at radius 2 is 2.00 bits per heavy atom. The summed E-state index contributed by atoms with van der Waals surface area (Å²) in [6.45, 7) is 2.23. The van der Waals surface area contributed by atoms with Crippen LogP contribution >= 0.6 is 22.9 Å². The molecule has 0 bridgehead atoms. The van der Waals surface area contributed by atoms with Gasteiger partial charge in [-0.05, 0) is 42.7 Å². The van der Waals surface area contributed by atoms with E-state index < -0.39 is 0 Å². The maximum Gasteiger partial charge on any atom is 0.223 e. The third kappa shape index (κ3) is 3.81. The summed E-state index contributed by atoms with van der Waals surface area (Å²) in [7, 11) is 0. The van der Waals surface area contributed by atoms with Crippen LogP contribution in [0.25, 0.3) is 10.3 Å². The van der Waals surface area contributed by atoms with Crippen LogP contribution in [-0.2, 0) is 11.3 Å². The van der Waals surface area contributed by atoms with E-state index in [2.05, 4.69) is 20.2 Å². The molecule has 1 saturated heterocycles. The number of nitrogens with zero attached hydrogens (tertiary/aromatic N) is 3. The van der Waals surface area contributed by atoms with Crippen molar-refractivity contribution in [3.8, 4) is 0 Å². The molecule has 26 heavy (non-hydrogen) atoms. The maximum absolute atomic E-state index is 12.4. The van der Waals surface area contributed by atoms with Gasteiger partial charge in [0.1, 0.15) is 10.3 Å². The molecule has 0 atom stereocenters. The van der Waals surface area contributed by atoms with Gasteiger partial charge in [0.05, 0.1) is 0 Å². The van der Waals surface area contributed by atoms with Crippen molar-refractivity contribution in [3.63, 3.8) is 0 Å². The van der Waals surface area contributed by atoms with E-state index >= 15 is 0 Å². The van der Waals surface area contributed by atoms with Crippen LogP contribution in [0.1, 0.15) is 18.4 Å². The molecule has 0 unspecified atom stereocenters. The predicted molar refractivity (Wildman–Crippen MR) is 106 cm³/mol. The Hall–Kier alpha value is -2.18. The van der Waals surface area contributed by atoms with Gasteiger partial charge in [-0.25, -0.2) is 9.97 Å². The molecular weight excluding hydrogens is 368 g/mol. The van der Waals surface area contributed by atoms with E-state index in [1.165, 1.54) is 0 Å². The smallest absolute Gasteiger partial charge is 0.223 e. The number of hydrogen-bond acceptors (Lipinski definition) is 5. The largest absolute Gasteiger partial charge is 0.352 e. The van der Waals surface area contributed by atoms with Gasteiger partial charge in [0.25, 0.3) is 0 Å². The van der Waals surface area contributed by atoms with Crippen LogP contribution in [0.2, 0.25) is 5.02 Å². The van der Waals surface area contributed by atoms with Gasteiger partial charge >= 0.3 is 0 Å². The van der Waals surface area contributed by atoms with Crippen LogP contribution < -0.4 is 10.2 Å². The van der Waals surface area contributed by atoms with E-state index in [9.17, 15) is 4.79 Å². The van der Waals surface area contributed by atoms with Crippen molar-refractivity contribution in [2.75, 3.05) is 18.0 Å². The van der Waals surface area contributed by atoms with Crippen LogP contribution in [0.3, 0.4) is 0 Å². The summed E-state index contributed by atoms with van der Waals surface area (Å²) in [6.07, 6.45) is 3.48. The number of piperidine rings is 1. The second kappa shape index (κ2) is 7.60. The van der Waals surface area contributed by atoms with Crippen molar-refractivity contribution >= 4 is 44.3 Å². The van der Waals surface area contributed by atoms with Crippen molar-refractivity contribution in [1.29, 1.82) is 0 Å². The number of rotatable bonds is 4. The zero-order valence-corrected chi connectivity index (χ0v) is 15.8. The van der Waals surface area contributed by atoms with Gasteiger partial charge in [-0.2, -0.15) is 0 Å². The Bertz CT molecular complexity index is 870. The summed E-state index contributed by atoms with van der Waals surface area (Å²) >= 11 is 7.50. The van der Waals surface area contributed by atoms with Gasteiger partial charge in [-0.15, -0.1) is 0 Å². The number of fused-ring (bicyclic) bond motifs is 1. The third-order valence-electron chi connectivity index (χ3n) is 4.67. The van der Waals surface area contributed by atoms with Gasteiger partial charge < -0.3 is 10.2 Å². The first-order valence-corrected chi connectivity index (χ1v) is 9.87. The zero-order chi connectivity index (χ0) is 17.9. The lowest BCUT2D eigenvalue weighted by Crippen LogP contribution is -2.40. The Morgan fingerprint density at radius 3 is 2.73 bits per heavy atom. The van der Waals surface area contributed by atoms with Gasteiger partial charge in [-0.3, -0.25) is 4.79 Å². The standard InChI is InChI=1S/C19H19ClN4OS/c20-15-5-3-13(4-6-15)12-22-17(25)14-7-10-24(11-8-14)19-23-16-2-1-9-21-18(16)26-19/h1-6,9,14H,7-8,10-12H2,(H,22,25). The van der Waals surface area contributed by atoms with Crippen molar-refractivity contribution in [1.82, 2.24) is 15.3 Å². The molecule has 1 aromatic carbocycles. The molecule has 1 aliphatic heterocycles. The van der Waals surface area contributed by atoms with Crippen LogP contribution in [0.4, 0.5) is 5.13 Å². The number of hydrogen-bond donors (Lipinski definition) is 1. The minimum atomic E-state index is 0.0612. The Kier molecular flexibility index (Phi) is 5.04. The molecule has 2 aromatic heterocycles. The molecule has 1 aliphatic rings. The molecule has 3 aromatic rings. The summed E-state index contributed by atoms with van der Waals surface area (Å²) in [4.78, 5) is 24.7. The summed E-state index contributed by atoms with van der Waals surface area (Å²) in [5.41, 5.74) is 2.00. The van der Waals surface area contributed by atoms with E-state index in [0.717, 1.165) is 47.0 Å². The first-order valence-electron chi connectivity index (χ1n) is 8.68. The minimum Gasteiger partial charge on any atom is -0.352 e. The predicted octanol–water partition coefficient (Wildman–Crippen LogP) is 3.88. The molecular formula is C19H19ClN4OS.